The van der Waals surface area contributed by atoms with Crippen LogP contribution in [-0.2, 0) is 13.6 Å². The number of piperidine rings is 1. The Morgan fingerprint density at radius 1 is 1.22 bits per heavy atom. The van der Waals surface area contributed by atoms with E-state index in [1.807, 2.05) is 58.5 Å². The lowest BCUT2D eigenvalue weighted by Crippen LogP contribution is -2.44. The minimum atomic E-state index is -0.00674. The maximum Gasteiger partial charge on any atom is 0.317 e. The lowest BCUT2D eigenvalue weighted by Gasteiger charge is -2.32. The van der Waals surface area contributed by atoms with Crippen molar-refractivity contribution in [1.82, 2.24) is 25.0 Å². The van der Waals surface area contributed by atoms with E-state index in [2.05, 4.69) is 21.5 Å². The molecular formula is C20H23N5OS. The average molecular weight is 382 g/mol. The largest absolute Gasteiger partial charge is 0.332 e. The van der Waals surface area contributed by atoms with Gasteiger partial charge in [0.2, 0.25) is 0 Å². The van der Waals surface area contributed by atoms with E-state index in [1.54, 1.807) is 11.3 Å². The van der Waals surface area contributed by atoms with E-state index in [0.717, 1.165) is 42.2 Å². The van der Waals surface area contributed by atoms with E-state index in [0.29, 0.717) is 12.5 Å². The second-order valence-electron chi connectivity index (χ2n) is 6.81. The maximum atomic E-state index is 12.5. The summed E-state index contributed by atoms with van der Waals surface area (Å²) >= 11 is 1.61. The Hall–Kier alpha value is -2.67. The van der Waals surface area contributed by atoms with Gasteiger partial charge in [-0.1, -0.05) is 30.3 Å². The number of aromatic nitrogens is 3. The fourth-order valence-corrected chi connectivity index (χ4v) is 4.37. The van der Waals surface area contributed by atoms with Crippen LogP contribution >= 0.6 is 11.3 Å². The number of urea groups is 1. The topological polar surface area (TPSA) is 63.1 Å². The van der Waals surface area contributed by atoms with E-state index in [1.165, 1.54) is 5.69 Å². The zero-order valence-electron chi connectivity index (χ0n) is 15.3. The Morgan fingerprint density at radius 2 is 2.00 bits per heavy atom. The highest BCUT2D eigenvalue weighted by Gasteiger charge is 2.25. The van der Waals surface area contributed by atoms with Crippen LogP contribution in [0.4, 0.5) is 4.79 Å². The normalized spacial score (nSPS) is 15.1. The summed E-state index contributed by atoms with van der Waals surface area (Å²) in [5, 5.41) is 10.3. The van der Waals surface area contributed by atoms with Gasteiger partial charge in [-0.3, -0.25) is 4.68 Å². The molecule has 0 radical (unpaired) electrons. The summed E-state index contributed by atoms with van der Waals surface area (Å²) in [4.78, 5) is 19.0. The molecule has 1 aliphatic rings. The molecule has 3 aromatic rings. The number of amides is 2. The van der Waals surface area contributed by atoms with E-state index in [9.17, 15) is 4.79 Å². The van der Waals surface area contributed by atoms with Crippen LogP contribution < -0.4 is 5.32 Å². The molecule has 1 aromatic carbocycles. The molecule has 0 saturated carbocycles. The number of hydrogen-bond donors (Lipinski definition) is 1. The van der Waals surface area contributed by atoms with Gasteiger partial charge in [0, 0.05) is 48.9 Å². The van der Waals surface area contributed by atoms with Crippen LogP contribution in [0.3, 0.4) is 0 Å². The molecule has 2 aromatic heterocycles. The first-order valence-electron chi connectivity index (χ1n) is 9.21. The molecule has 0 spiro atoms. The Morgan fingerprint density at radius 3 is 2.70 bits per heavy atom. The first kappa shape index (κ1) is 17.7. The predicted molar refractivity (Wildman–Crippen MR) is 107 cm³/mol. The third-order valence-electron chi connectivity index (χ3n) is 5.05. The third kappa shape index (κ3) is 4.03. The van der Waals surface area contributed by atoms with Gasteiger partial charge in [0.05, 0.1) is 12.2 Å². The van der Waals surface area contributed by atoms with Crippen molar-refractivity contribution < 1.29 is 4.79 Å². The lowest BCUT2D eigenvalue weighted by atomic mass is 9.93. The van der Waals surface area contributed by atoms with Crippen molar-refractivity contribution in [3.8, 4) is 10.6 Å². The molecule has 0 atom stereocenters. The van der Waals surface area contributed by atoms with Crippen molar-refractivity contribution in [2.24, 2.45) is 7.05 Å². The molecule has 1 N–H and O–H groups in total. The second-order valence-corrected chi connectivity index (χ2v) is 7.67. The van der Waals surface area contributed by atoms with Crippen LogP contribution in [0.5, 0.6) is 0 Å². The number of rotatable bonds is 4. The van der Waals surface area contributed by atoms with Crippen molar-refractivity contribution >= 4 is 17.4 Å². The van der Waals surface area contributed by atoms with Crippen LogP contribution in [0.25, 0.3) is 10.6 Å². The van der Waals surface area contributed by atoms with Gasteiger partial charge in [-0.25, -0.2) is 9.78 Å². The minimum absolute atomic E-state index is 0.00674. The minimum Gasteiger partial charge on any atom is -0.332 e. The molecule has 3 heterocycles. The Kier molecular flexibility index (Phi) is 5.20. The summed E-state index contributed by atoms with van der Waals surface area (Å²) in [5.41, 5.74) is 3.26. The number of thiazole rings is 1. The number of likely N-dealkylation sites (tertiary alicyclic amines) is 1. The molecule has 2 amide bonds. The molecule has 1 saturated heterocycles. The smallest absolute Gasteiger partial charge is 0.317 e. The molecule has 140 valence electrons. The number of carbonyl (C=O) groups excluding carboxylic acids is 1. The maximum absolute atomic E-state index is 12.5. The molecule has 4 rings (SSSR count). The van der Waals surface area contributed by atoms with Gasteiger partial charge in [0.1, 0.15) is 5.01 Å². The van der Waals surface area contributed by atoms with E-state index in [4.69, 9.17) is 0 Å². The summed E-state index contributed by atoms with van der Waals surface area (Å²) in [5.74, 6) is 0.480. The van der Waals surface area contributed by atoms with E-state index >= 15 is 0 Å². The van der Waals surface area contributed by atoms with Crippen molar-refractivity contribution in [3.63, 3.8) is 0 Å². The van der Waals surface area contributed by atoms with Crippen LogP contribution in [0.1, 0.15) is 30.1 Å². The van der Waals surface area contributed by atoms with Crippen molar-refractivity contribution in [2.45, 2.75) is 25.3 Å². The summed E-state index contributed by atoms with van der Waals surface area (Å²) in [6, 6.07) is 12.2. The summed E-state index contributed by atoms with van der Waals surface area (Å²) in [6.07, 6.45) is 3.79. The van der Waals surface area contributed by atoms with Gasteiger partial charge in [0.25, 0.3) is 0 Å². The Balaban J connectivity index is 1.28. The predicted octanol–water partition coefficient (Wildman–Crippen LogP) is 3.63. The van der Waals surface area contributed by atoms with E-state index < -0.39 is 0 Å². The van der Waals surface area contributed by atoms with Crippen LogP contribution in [-0.4, -0.2) is 38.8 Å². The summed E-state index contributed by atoms with van der Waals surface area (Å²) < 4.78 is 1.94. The van der Waals surface area contributed by atoms with Gasteiger partial charge in [-0.15, -0.1) is 11.3 Å². The monoisotopic (exact) mass is 381 g/mol. The SMILES string of the molecule is Cn1nccc1C1CCN(C(=O)NCc2csc(-c3ccccc3)n2)CC1. The summed E-state index contributed by atoms with van der Waals surface area (Å²) in [6.45, 7) is 2.01. The van der Waals surface area contributed by atoms with Crippen LogP contribution in [0.2, 0.25) is 0 Å². The quantitative estimate of drug-likeness (QED) is 0.751. The summed E-state index contributed by atoms with van der Waals surface area (Å²) in [7, 11) is 1.98. The van der Waals surface area contributed by atoms with Gasteiger partial charge in [0.15, 0.2) is 0 Å². The highest BCUT2D eigenvalue weighted by Crippen LogP contribution is 2.27. The average Bonchev–Trinajstić information content (AvgIpc) is 3.36. The molecule has 1 fully saturated rings. The highest BCUT2D eigenvalue weighted by atomic mass is 32.1. The zero-order chi connectivity index (χ0) is 18.6. The Bertz CT molecular complexity index is 896. The number of aryl methyl sites for hydroxylation is 1. The third-order valence-corrected chi connectivity index (χ3v) is 5.99. The molecule has 0 bridgehead atoms. The van der Waals surface area contributed by atoms with Crippen LogP contribution in [0, 0.1) is 0 Å². The molecule has 7 heteroatoms. The Labute approximate surface area is 162 Å². The van der Waals surface area contributed by atoms with Gasteiger partial charge in [-0.2, -0.15) is 5.10 Å². The first-order chi connectivity index (χ1) is 13.2. The molecule has 0 aliphatic carbocycles. The number of nitrogens with zero attached hydrogens (tertiary/aromatic N) is 4. The number of nitrogens with one attached hydrogen (secondary N) is 1. The van der Waals surface area contributed by atoms with Crippen molar-refractivity contribution in [1.29, 1.82) is 0 Å². The van der Waals surface area contributed by atoms with Crippen molar-refractivity contribution in [3.05, 3.63) is 59.4 Å². The van der Waals surface area contributed by atoms with Gasteiger partial charge >= 0.3 is 6.03 Å². The van der Waals surface area contributed by atoms with Crippen molar-refractivity contribution in [2.75, 3.05) is 13.1 Å². The first-order valence-corrected chi connectivity index (χ1v) is 10.1. The molecular weight excluding hydrogens is 358 g/mol. The zero-order valence-corrected chi connectivity index (χ0v) is 16.2. The fourth-order valence-electron chi connectivity index (χ4n) is 3.54. The molecule has 6 nitrogen and oxygen atoms in total. The number of carbonyl (C=O) groups is 1. The number of hydrogen-bond acceptors (Lipinski definition) is 4. The fraction of sp³-hybridized carbons (Fsp3) is 0.350. The second kappa shape index (κ2) is 7.92. The molecule has 1 aliphatic heterocycles. The lowest BCUT2D eigenvalue weighted by molar-refractivity contribution is 0.180. The van der Waals surface area contributed by atoms with E-state index in [-0.39, 0.29) is 6.03 Å². The molecule has 0 unspecified atom stereocenters. The van der Waals surface area contributed by atoms with Gasteiger partial charge < -0.3 is 10.2 Å². The highest BCUT2D eigenvalue weighted by molar-refractivity contribution is 7.13. The number of benzene rings is 1. The van der Waals surface area contributed by atoms with Gasteiger partial charge in [-0.05, 0) is 18.9 Å². The standard InChI is InChI=1S/C20H23N5OS/c1-24-18(7-10-22-24)15-8-11-25(12-9-15)20(26)21-13-17-14-27-19(23-17)16-5-3-2-4-6-16/h2-7,10,14-15H,8-9,11-13H2,1H3,(H,21,26). The van der Waals surface area contributed by atoms with Crippen LogP contribution in [0.15, 0.2) is 48.0 Å². The molecule has 27 heavy (non-hydrogen) atoms.